The molecule has 0 spiro atoms. The Morgan fingerprint density at radius 3 is 2.79 bits per heavy atom. The Bertz CT molecular complexity index is 752. The van der Waals surface area contributed by atoms with Gasteiger partial charge in [-0.05, 0) is 37.1 Å². The lowest BCUT2D eigenvalue weighted by atomic mass is 10.2. The Balaban J connectivity index is 1.53. The van der Waals surface area contributed by atoms with Gasteiger partial charge in [0.25, 0.3) is 0 Å². The third-order valence-electron chi connectivity index (χ3n) is 3.99. The van der Waals surface area contributed by atoms with Crippen LogP contribution in [-0.2, 0) is 16.1 Å². The van der Waals surface area contributed by atoms with Crippen molar-refractivity contribution >= 4 is 29.2 Å². The zero-order valence-corrected chi connectivity index (χ0v) is 14.4. The van der Waals surface area contributed by atoms with Gasteiger partial charge in [0.05, 0.1) is 0 Å². The van der Waals surface area contributed by atoms with Gasteiger partial charge in [0.15, 0.2) is 0 Å². The number of amides is 2. The van der Waals surface area contributed by atoms with Crippen LogP contribution in [0.3, 0.4) is 0 Å². The molecular weight excluding hydrogens is 320 g/mol. The molecule has 1 aromatic carbocycles. The van der Waals surface area contributed by atoms with Crippen molar-refractivity contribution in [2.75, 3.05) is 6.54 Å². The fourth-order valence-corrected chi connectivity index (χ4v) is 3.53. The third-order valence-corrected chi connectivity index (χ3v) is 4.96. The number of rotatable bonds is 5. The van der Waals surface area contributed by atoms with E-state index in [4.69, 9.17) is 0 Å². The van der Waals surface area contributed by atoms with E-state index in [2.05, 4.69) is 5.32 Å². The van der Waals surface area contributed by atoms with E-state index in [0.717, 1.165) is 10.4 Å². The van der Waals surface area contributed by atoms with E-state index >= 15 is 0 Å². The topological polar surface area (TPSA) is 49.4 Å². The normalized spacial score (nSPS) is 17.6. The summed E-state index contributed by atoms with van der Waals surface area (Å²) in [6, 6.07) is 13.5. The molecule has 1 aliphatic rings. The zero-order valence-electron chi connectivity index (χ0n) is 13.6. The highest BCUT2D eigenvalue weighted by Gasteiger charge is 2.32. The molecule has 2 aromatic rings. The second kappa shape index (κ2) is 7.45. The maximum absolute atomic E-state index is 12.4. The Hall–Kier alpha value is -2.40. The van der Waals surface area contributed by atoms with Crippen LogP contribution in [0, 0.1) is 6.92 Å². The average molecular weight is 340 g/mol. The van der Waals surface area contributed by atoms with Gasteiger partial charge in [-0.1, -0.05) is 30.3 Å². The first-order chi connectivity index (χ1) is 11.6. The molecule has 3 rings (SSSR count). The van der Waals surface area contributed by atoms with Gasteiger partial charge in [0.1, 0.15) is 6.04 Å². The molecule has 5 heteroatoms. The molecule has 0 bridgehead atoms. The van der Waals surface area contributed by atoms with Crippen molar-refractivity contribution in [3.05, 3.63) is 63.9 Å². The molecule has 0 radical (unpaired) electrons. The van der Waals surface area contributed by atoms with E-state index in [0.29, 0.717) is 19.5 Å². The minimum atomic E-state index is -0.420. The van der Waals surface area contributed by atoms with E-state index in [1.165, 1.54) is 11.0 Å². The standard InChI is InChI=1S/C19H20N2O2S/c1-14-7-8-16(24-14)9-10-18(22)20-17-11-12-21(19(17)23)13-15-5-3-2-4-6-15/h2-10,17H,11-13H2,1H3,(H,20,22)/b10-9+/t17-/m0/s1. The highest BCUT2D eigenvalue weighted by atomic mass is 32.1. The number of nitrogens with zero attached hydrogens (tertiary/aromatic N) is 1. The van der Waals surface area contributed by atoms with Crippen LogP contribution in [0.5, 0.6) is 0 Å². The van der Waals surface area contributed by atoms with E-state index in [9.17, 15) is 9.59 Å². The summed E-state index contributed by atoms with van der Waals surface area (Å²) >= 11 is 1.63. The monoisotopic (exact) mass is 340 g/mol. The van der Waals surface area contributed by atoms with Crippen LogP contribution in [0.1, 0.15) is 21.7 Å². The summed E-state index contributed by atoms with van der Waals surface area (Å²) in [7, 11) is 0. The van der Waals surface area contributed by atoms with E-state index in [-0.39, 0.29) is 11.8 Å². The van der Waals surface area contributed by atoms with Crippen LogP contribution >= 0.6 is 11.3 Å². The molecule has 0 unspecified atom stereocenters. The molecule has 124 valence electrons. The van der Waals surface area contributed by atoms with E-state index in [1.54, 1.807) is 22.3 Å². The van der Waals surface area contributed by atoms with Crippen molar-refractivity contribution in [2.45, 2.75) is 25.9 Å². The van der Waals surface area contributed by atoms with Gasteiger partial charge in [0, 0.05) is 28.9 Å². The van der Waals surface area contributed by atoms with Crippen molar-refractivity contribution in [3.8, 4) is 0 Å². The largest absolute Gasteiger partial charge is 0.341 e. The first-order valence-corrected chi connectivity index (χ1v) is 8.81. The molecule has 1 saturated heterocycles. The van der Waals surface area contributed by atoms with E-state index < -0.39 is 6.04 Å². The van der Waals surface area contributed by atoms with Crippen LogP contribution in [0.2, 0.25) is 0 Å². The molecule has 1 atom stereocenters. The summed E-state index contributed by atoms with van der Waals surface area (Å²) in [5, 5.41) is 2.81. The lowest BCUT2D eigenvalue weighted by Gasteiger charge is -2.16. The molecular formula is C19H20N2O2S. The summed E-state index contributed by atoms with van der Waals surface area (Å²) in [5.74, 6) is -0.228. The highest BCUT2D eigenvalue weighted by molar-refractivity contribution is 7.12. The number of carbonyl (C=O) groups is 2. The SMILES string of the molecule is Cc1ccc(/C=C/C(=O)N[C@H]2CCN(Cc3ccccc3)C2=O)s1. The zero-order chi connectivity index (χ0) is 16.9. The van der Waals surface area contributed by atoms with Crippen molar-refractivity contribution in [3.63, 3.8) is 0 Å². The summed E-state index contributed by atoms with van der Waals surface area (Å²) in [4.78, 5) is 28.5. The van der Waals surface area contributed by atoms with Gasteiger partial charge in [-0.3, -0.25) is 9.59 Å². The molecule has 1 aromatic heterocycles. The van der Waals surface area contributed by atoms with Gasteiger partial charge >= 0.3 is 0 Å². The predicted molar refractivity (Wildman–Crippen MR) is 96.5 cm³/mol. The van der Waals surface area contributed by atoms with Crippen LogP contribution < -0.4 is 5.32 Å². The number of aryl methyl sites for hydroxylation is 1. The molecule has 2 heterocycles. The maximum Gasteiger partial charge on any atom is 0.245 e. The first-order valence-electron chi connectivity index (χ1n) is 7.99. The van der Waals surface area contributed by atoms with Crippen LogP contribution in [0.4, 0.5) is 0 Å². The van der Waals surface area contributed by atoms with Crippen molar-refractivity contribution < 1.29 is 9.59 Å². The quantitative estimate of drug-likeness (QED) is 0.851. The minimum absolute atomic E-state index is 0.00688. The lowest BCUT2D eigenvalue weighted by molar-refractivity contribution is -0.132. The van der Waals surface area contributed by atoms with Crippen molar-refractivity contribution in [2.24, 2.45) is 0 Å². The van der Waals surface area contributed by atoms with Crippen molar-refractivity contribution in [1.29, 1.82) is 0 Å². The third kappa shape index (κ3) is 4.11. The summed E-state index contributed by atoms with van der Waals surface area (Å²) < 4.78 is 0. The number of carbonyl (C=O) groups excluding carboxylic acids is 2. The number of thiophene rings is 1. The number of likely N-dealkylation sites (tertiary alicyclic amines) is 1. The first kappa shape index (κ1) is 16.5. The molecule has 2 amide bonds. The Morgan fingerprint density at radius 2 is 2.08 bits per heavy atom. The number of nitrogens with one attached hydrogen (secondary N) is 1. The van der Waals surface area contributed by atoms with Gasteiger partial charge in [-0.25, -0.2) is 0 Å². The second-order valence-electron chi connectivity index (χ2n) is 5.88. The second-order valence-corrected chi connectivity index (χ2v) is 7.20. The molecule has 1 aliphatic heterocycles. The molecule has 0 aliphatic carbocycles. The number of hydrogen-bond donors (Lipinski definition) is 1. The number of hydrogen-bond acceptors (Lipinski definition) is 3. The lowest BCUT2D eigenvalue weighted by Crippen LogP contribution is -2.40. The van der Waals surface area contributed by atoms with Gasteiger partial charge in [0.2, 0.25) is 11.8 Å². The Labute approximate surface area is 145 Å². The van der Waals surface area contributed by atoms with Crippen LogP contribution in [0.25, 0.3) is 6.08 Å². The molecule has 0 saturated carbocycles. The summed E-state index contributed by atoms with van der Waals surface area (Å²) in [6.07, 6.45) is 3.94. The summed E-state index contributed by atoms with van der Waals surface area (Å²) in [5.41, 5.74) is 1.10. The van der Waals surface area contributed by atoms with Crippen LogP contribution in [-0.4, -0.2) is 29.3 Å². The van der Waals surface area contributed by atoms with Crippen LogP contribution in [0.15, 0.2) is 48.5 Å². The Kier molecular flexibility index (Phi) is 5.11. The van der Waals surface area contributed by atoms with Crippen molar-refractivity contribution in [1.82, 2.24) is 10.2 Å². The molecule has 1 fully saturated rings. The highest BCUT2D eigenvalue weighted by Crippen LogP contribution is 2.17. The number of benzene rings is 1. The molecule has 4 nitrogen and oxygen atoms in total. The molecule has 24 heavy (non-hydrogen) atoms. The average Bonchev–Trinajstić information content (AvgIpc) is 3.14. The Morgan fingerprint density at radius 1 is 1.29 bits per heavy atom. The summed E-state index contributed by atoms with van der Waals surface area (Å²) in [6.45, 7) is 3.30. The van der Waals surface area contributed by atoms with Gasteiger partial charge in [-0.15, -0.1) is 11.3 Å². The fourth-order valence-electron chi connectivity index (χ4n) is 2.75. The van der Waals surface area contributed by atoms with E-state index in [1.807, 2.05) is 49.4 Å². The molecule has 1 N–H and O–H groups in total. The predicted octanol–water partition coefficient (Wildman–Crippen LogP) is 2.99. The maximum atomic E-state index is 12.4. The van der Waals surface area contributed by atoms with Gasteiger partial charge < -0.3 is 10.2 Å². The van der Waals surface area contributed by atoms with Gasteiger partial charge in [-0.2, -0.15) is 0 Å². The fraction of sp³-hybridized carbons (Fsp3) is 0.263. The smallest absolute Gasteiger partial charge is 0.245 e. The minimum Gasteiger partial charge on any atom is -0.341 e.